The Morgan fingerprint density at radius 3 is 2.71 bits per heavy atom. The number of pyridine rings is 1. The molecule has 0 aliphatic carbocycles. The van der Waals surface area contributed by atoms with Crippen LogP contribution in [0.15, 0.2) is 12.3 Å². The van der Waals surface area contributed by atoms with E-state index >= 15 is 0 Å². The predicted octanol–water partition coefficient (Wildman–Crippen LogP) is 1.16. The Labute approximate surface area is 102 Å². The fourth-order valence-corrected chi connectivity index (χ4v) is 1.50. The maximum Gasteiger partial charge on any atom is 0.227 e. The Morgan fingerprint density at radius 1 is 1.53 bits per heavy atom. The third-order valence-corrected chi connectivity index (χ3v) is 2.64. The summed E-state index contributed by atoms with van der Waals surface area (Å²) in [7, 11) is 1.64. The van der Waals surface area contributed by atoms with Crippen LogP contribution in [-0.4, -0.2) is 24.5 Å². The summed E-state index contributed by atoms with van der Waals surface area (Å²) in [6, 6.07) is 1.85. The van der Waals surface area contributed by atoms with E-state index in [0.717, 1.165) is 11.4 Å². The Bertz CT molecular complexity index is 415. The molecule has 0 aliphatic rings. The van der Waals surface area contributed by atoms with Gasteiger partial charge in [-0.2, -0.15) is 0 Å². The molecule has 5 nitrogen and oxygen atoms in total. The number of hydrogen-bond donors (Lipinski definition) is 3. The Balaban J connectivity index is 2.70. The lowest BCUT2D eigenvalue weighted by Gasteiger charge is -2.23. The largest absolute Gasteiger partial charge is 0.397 e. The van der Waals surface area contributed by atoms with Crippen LogP contribution in [0.25, 0.3) is 0 Å². The van der Waals surface area contributed by atoms with Crippen LogP contribution in [-0.2, 0) is 4.79 Å². The van der Waals surface area contributed by atoms with E-state index in [2.05, 4.69) is 15.6 Å². The van der Waals surface area contributed by atoms with Crippen molar-refractivity contribution in [2.24, 2.45) is 5.41 Å². The van der Waals surface area contributed by atoms with Gasteiger partial charge in [-0.3, -0.25) is 4.79 Å². The number of nitrogens with zero attached hydrogens (tertiary/aromatic N) is 1. The molecule has 0 aliphatic heterocycles. The summed E-state index contributed by atoms with van der Waals surface area (Å²) < 4.78 is 0. The zero-order valence-electron chi connectivity index (χ0n) is 10.8. The standard InChI is InChI=1S/C12H20N4O/c1-8-5-9(13)6-15-10(8)16-7-12(2,3)11(17)14-4/h5-6H,7,13H2,1-4H3,(H,14,17)(H,15,16). The van der Waals surface area contributed by atoms with Crippen LogP contribution < -0.4 is 16.4 Å². The summed E-state index contributed by atoms with van der Waals surface area (Å²) >= 11 is 0. The van der Waals surface area contributed by atoms with Gasteiger partial charge in [0.1, 0.15) is 5.82 Å². The molecular formula is C12H20N4O. The van der Waals surface area contributed by atoms with Crippen molar-refractivity contribution in [1.29, 1.82) is 0 Å². The number of carbonyl (C=O) groups is 1. The molecule has 0 unspecified atom stereocenters. The second-order valence-corrected chi connectivity index (χ2v) is 4.75. The molecule has 0 saturated carbocycles. The van der Waals surface area contributed by atoms with Crippen molar-refractivity contribution < 1.29 is 4.79 Å². The summed E-state index contributed by atoms with van der Waals surface area (Å²) in [6.07, 6.45) is 1.60. The van der Waals surface area contributed by atoms with Gasteiger partial charge in [0.2, 0.25) is 5.91 Å². The molecule has 0 aromatic carbocycles. The van der Waals surface area contributed by atoms with Crippen LogP contribution in [0.2, 0.25) is 0 Å². The van der Waals surface area contributed by atoms with E-state index in [1.54, 1.807) is 13.2 Å². The van der Waals surface area contributed by atoms with Gasteiger partial charge in [0.05, 0.1) is 17.3 Å². The number of carbonyl (C=O) groups excluding carboxylic acids is 1. The van der Waals surface area contributed by atoms with E-state index in [0.29, 0.717) is 12.2 Å². The molecule has 0 bridgehead atoms. The zero-order valence-corrected chi connectivity index (χ0v) is 10.8. The van der Waals surface area contributed by atoms with Crippen molar-refractivity contribution >= 4 is 17.4 Å². The summed E-state index contributed by atoms with van der Waals surface area (Å²) in [4.78, 5) is 15.8. The molecule has 17 heavy (non-hydrogen) atoms. The highest BCUT2D eigenvalue weighted by molar-refractivity contribution is 5.82. The van der Waals surface area contributed by atoms with E-state index in [9.17, 15) is 4.79 Å². The fraction of sp³-hybridized carbons (Fsp3) is 0.500. The average Bonchev–Trinajstić information content (AvgIpc) is 2.26. The summed E-state index contributed by atoms with van der Waals surface area (Å²) in [5.74, 6) is 0.759. The van der Waals surface area contributed by atoms with Gasteiger partial charge in [-0.1, -0.05) is 0 Å². The molecule has 1 heterocycles. The Hall–Kier alpha value is -1.78. The second kappa shape index (κ2) is 5.03. The monoisotopic (exact) mass is 236 g/mol. The van der Waals surface area contributed by atoms with Crippen molar-refractivity contribution in [3.8, 4) is 0 Å². The van der Waals surface area contributed by atoms with Crippen LogP contribution in [0.1, 0.15) is 19.4 Å². The Morgan fingerprint density at radius 2 is 2.18 bits per heavy atom. The lowest BCUT2D eigenvalue weighted by atomic mass is 9.92. The van der Waals surface area contributed by atoms with Crippen molar-refractivity contribution in [2.75, 3.05) is 24.6 Å². The maximum atomic E-state index is 11.6. The van der Waals surface area contributed by atoms with Gasteiger partial charge >= 0.3 is 0 Å². The van der Waals surface area contributed by atoms with Crippen molar-refractivity contribution in [3.05, 3.63) is 17.8 Å². The van der Waals surface area contributed by atoms with Crippen LogP contribution in [0.4, 0.5) is 11.5 Å². The smallest absolute Gasteiger partial charge is 0.227 e. The first-order valence-corrected chi connectivity index (χ1v) is 5.55. The number of nitrogens with one attached hydrogen (secondary N) is 2. The molecule has 0 radical (unpaired) electrons. The Kier molecular flexibility index (Phi) is 3.93. The molecule has 1 aromatic heterocycles. The topological polar surface area (TPSA) is 80.0 Å². The zero-order chi connectivity index (χ0) is 13.1. The molecule has 0 atom stereocenters. The van der Waals surface area contributed by atoms with Gasteiger partial charge in [-0.05, 0) is 32.4 Å². The third kappa shape index (κ3) is 3.34. The normalized spacial score (nSPS) is 11.1. The molecular weight excluding hydrogens is 216 g/mol. The lowest BCUT2D eigenvalue weighted by Crippen LogP contribution is -2.39. The highest BCUT2D eigenvalue weighted by Gasteiger charge is 2.26. The van der Waals surface area contributed by atoms with Gasteiger partial charge in [0.25, 0.3) is 0 Å². The summed E-state index contributed by atoms with van der Waals surface area (Å²) in [5, 5.41) is 5.81. The highest BCUT2D eigenvalue weighted by Crippen LogP contribution is 2.19. The molecule has 5 heteroatoms. The molecule has 1 amide bonds. The van der Waals surface area contributed by atoms with Crippen molar-refractivity contribution in [1.82, 2.24) is 10.3 Å². The number of amides is 1. The number of nitrogens with two attached hydrogens (primary N) is 1. The first-order chi connectivity index (χ1) is 7.86. The first-order valence-electron chi connectivity index (χ1n) is 5.55. The predicted molar refractivity (Wildman–Crippen MR) is 69.7 cm³/mol. The number of aryl methyl sites for hydroxylation is 1. The van der Waals surface area contributed by atoms with E-state index in [1.807, 2.05) is 26.8 Å². The number of rotatable bonds is 4. The summed E-state index contributed by atoms with van der Waals surface area (Å²) in [5.41, 5.74) is 6.75. The van der Waals surface area contributed by atoms with Crippen molar-refractivity contribution in [3.63, 3.8) is 0 Å². The summed E-state index contributed by atoms with van der Waals surface area (Å²) in [6.45, 7) is 6.21. The fourth-order valence-electron chi connectivity index (χ4n) is 1.50. The molecule has 4 N–H and O–H groups in total. The number of aromatic nitrogens is 1. The molecule has 0 saturated heterocycles. The van der Waals surface area contributed by atoms with Crippen LogP contribution in [0, 0.1) is 12.3 Å². The number of anilines is 2. The van der Waals surface area contributed by atoms with E-state index in [-0.39, 0.29) is 5.91 Å². The molecule has 1 rings (SSSR count). The van der Waals surface area contributed by atoms with Crippen LogP contribution >= 0.6 is 0 Å². The van der Waals surface area contributed by atoms with Crippen molar-refractivity contribution in [2.45, 2.75) is 20.8 Å². The van der Waals surface area contributed by atoms with Crippen LogP contribution in [0.3, 0.4) is 0 Å². The second-order valence-electron chi connectivity index (χ2n) is 4.75. The minimum atomic E-state index is -0.482. The highest BCUT2D eigenvalue weighted by atomic mass is 16.2. The lowest BCUT2D eigenvalue weighted by molar-refractivity contribution is -0.128. The van der Waals surface area contributed by atoms with Gasteiger partial charge in [-0.25, -0.2) is 4.98 Å². The molecule has 0 spiro atoms. The quantitative estimate of drug-likeness (QED) is 0.732. The number of nitrogen functional groups attached to an aromatic ring is 1. The molecule has 1 aromatic rings. The molecule has 0 fully saturated rings. The number of hydrogen-bond acceptors (Lipinski definition) is 4. The van der Waals surface area contributed by atoms with Crippen LogP contribution in [0.5, 0.6) is 0 Å². The molecule has 94 valence electrons. The third-order valence-electron chi connectivity index (χ3n) is 2.64. The van der Waals surface area contributed by atoms with E-state index in [1.165, 1.54) is 0 Å². The minimum absolute atomic E-state index is 0.00176. The SMILES string of the molecule is CNC(=O)C(C)(C)CNc1ncc(N)cc1C. The maximum absolute atomic E-state index is 11.6. The van der Waals surface area contributed by atoms with Gasteiger partial charge in [0, 0.05) is 13.6 Å². The average molecular weight is 236 g/mol. The van der Waals surface area contributed by atoms with E-state index < -0.39 is 5.41 Å². The van der Waals surface area contributed by atoms with Gasteiger partial charge < -0.3 is 16.4 Å². The van der Waals surface area contributed by atoms with Gasteiger partial charge in [0.15, 0.2) is 0 Å². The van der Waals surface area contributed by atoms with Gasteiger partial charge in [-0.15, -0.1) is 0 Å². The minimum Gasteiger partial charge on any atom is -0.397 e. The first kappa shape index (κ1) is 13.3. The van der Waals surface area contributed by atoms with E-state index in [4.69, 9.17) is 5.73 Å².